The van der Waals surface area contributed by atoms with Crippen LogP contribution in [0.5, 0.6) is 11.5 Å². The molecule has 0 aromatic heterocycles. The van der Waals surface area contributed by atoms with Gasteiger partial charge in [-0.2, -0.15) is 0 Å². The monoisotopic (exact) mass is 343 g/mol. The van der Waals surface area contributed by atoms with Crippen LogP contribution in [0.15, 0.2) is 48.5 Å². The van der Waals surface area contributed by atoms with E-state index in [4.69, 9.17) is 4.74 Å². The van der Waals surface area contributed by atoms with Crippen LogP contribution in [0.3, 0.4) is 0 Å². The summed E-state index contributed by atoms with van der Waals surface area (Å²) in [6, 6.07) is 12.4. The summed E-state index contributed by atoms with van der Waals surface area (Å²) in [5, 5.41) is 21.5. The van der Waals surface area contributed by atoms with E-state index in [9.17, 15) is 19.8 Å². The Balaban J connectivity index is 1.86. The van der Waals surface area contributed by atoms with E-state index in [-0.39, 0.29) is 30.9 Å². The van der Waals surface area contributed by atoms with Crippen molar-refractivity contribution in [2.45, 2.75) is 18.9 Å². The largest absolute Gasteiger partial charge is 0.508 e. The minimum atomic E-state index is -0.982. The van der Waals surface area contributed by atoms with Crippen molar-refractivity contribution in [1.29, 1.82) is 0 Å². The second kappa shape index (κ2) is 8.84. The Bertz CT molecular complexity index is 710. The Hall–Kier alpha value is -2.86. The van der Waals surface area contributed by atoms with Crippen LogP contribution in [0.25, 0.3) is 0 Å². The van der Waals surface area contributed by atoms with E-state index in [1.807, 2.05) is 0 Å². The number of carbonyl (C=O) groups is 2. The first-order valence-electron chi connectivity index (χ1n) is 7.91. The third-order valence-electron chi connectivity index (χ3n) is 3.83. The van der Waals surface area contributed by atoms with Crippen LogP contribution in [-0.4, -0.2) is 41.7 Å². The summed E-state index contributed by atoms with van der Waals surface area (Å²) in [6.07, 6.45) is 0.470. The highest BCUT2D eigenvalue weighted by molar-refractivity contribution is 5.96. The molecule has 0 radical (unpaired) electrons. The fourth-order valence-electron chi connectivity index (χ4n) is 2.40. The Morgan fingerprint density at radius 1 is 1.08 bits per heavy atom. The van der Waals surface area contributed by atoms with E-state index in [2.05, 4.69) is 5.32 Å². The summed E-state index contributed by atoms with van der Waals surface area (Å²) < 4.78 is 5.05. The van der Waals surface area contributed by atoms with Gasteiger partial charge in [0.05, 0.1) is 7.11 Å². The predicted octanol–water partition coefficient (Wildman–Crippen LogP) is 2.26. The van der Waals surface area contributed by atoms with Crippen molar-refractivity contribution in [3.63, 3.8) is 0 Å². The molecule has 132 valence electrons. The standard InChI is InChI=1S/C19H21NO5/c1-25-16-8-4-14(5-9-16)18(22)10-11-20-17(19(23)24)12-13-2-6-15(21)7-3-13/h2-9,17,20-21H,10-12H2,1H3,(H,23,24)/t17-/m0/s1. The maximum absolute atomic E-state index is 12.1. The lowest BCUT2D eigenvalue weighted by Gasteiger charge is -2.14. The highest BCUT2D eigenvalue weighted by Crippen LogP contribution is 2.13. The van der Waals surface area contributed by atoms with Gasteiger partial charge in [0.2, 0.25) is 0 Å². The second-order valence-corrected chi connectivity index (χ2v) is 5.62. The van der Waals surface area contributed by atoms with E-state index >= 15 is 0 Å². The van der Waals surface area contributed by atoms with Crippen molar-refractivity contribution in [3.05, 3.63) is 59.7 Å². The van der Waals surface area contributed by atoms with Gasteiger partial charge in [-0.25, -0.2) is 0 Å². The number of ketones is 1. The van der Waals surface area contributed by atoms with Gasteiger partial charge in [0.25, 0.3) is 0 Å². The highest BCUT2D eigenvalue weighted by Gasteiger charge is 2.18. The number of aromatic hydroxyl groups is 1. The number of ether oxygens (including phenoxy) is 1. The van der Waals surface area contributed by atoms with Gasteiger partial charge in [0.1, 0.15) is 17.5 Å². The third-order valence-corrected chi connectivity index (χ3v) is 3.83. The Labute approximate surface area is 146 Å². The summed E-state index contributed by atoms with van der Waals surface area (Å²) in [7, 11) is 1.56. The smallest absolute Gasteiger partial charge is 0.321 e. The van der Waals surface area contributed by atoms with Crippen LogP contribution in [0.2, 0.25) is 0 Å². The quantitative estimate of drug-likeness (QED) is 0.605. The van der Waals surface area contributed by atoms with Crippen LogP contribution >= 0.6 is 0 Å². The van der Waals surface area contributed by atoms with Crippen LogP contribution in [-0.2, 0) is 11.2 Å². The van der Waals surface area contributed by atoms with Gasteiger partial charge < -0.3 is 20.3 Å². The first kappa shape index (κ1) is 18.5. The Morgan fingerprint density at radius 3 is 2.28 bits per heavy atom. The molecule has 0 spiro atoms. The molecule has 6 nitrogen and oxygen atoms in total. The molecule has 2 rings (SSSR count). The average Bonchev–Trinajstić information content (AvgIpc) is 2.62. The van der Waals surface area contributed by atoms with Crippen LogP contribution in [0, 0.1) is 0 Å². The SMILES string of the molecule is COc1ccc(C(=O)CCN[C@@H](Cc2ccc(O)cc2)C(=O)O)cc1. The third kappa shape index (κ3) is 5.61. The molecule has 0 saturated carbocycles. The van der Waals surface area contributed by atoms with Crippen molar-refractivity contribution < 1.29 is 24.5 Å². The summed E-state index contributed by atoms with van der Waals surface area (Å²) in [5.41, 5.74) is 1.35. The summed E-state index contributed by atoms with van der Waals surface area (Å²) in [4.78, 5) is 23.5. The number of rotatable bonds is 9. The van der Waals surface area contributed by atoms with E-state index in [0.717, 1.165) is 5.56 Å². The maximum Gasteiger partial charge on any atom is 0.321 e. The molecule has 0 fully saturated rings. The van der Waals surface area contributed by atoms with Gasteiger partial charge in [-0.05, 0) is 48.4 Å². The number of methoxy groups -OCH3 is 1. The zero-order valence-electron chi connectivity index (χ0n) is 13.9. The topological polar surface area (TPSA) is 95.9 Å². The molecule has 25 heavy (non-hydrogen) atoms. The molecule has 0 unspecified atom stereocenters. The van der Waals surface area contributed by atoms with Crippen molar-refractivity contribution in [1.82, 2.24) is 5.32 Å². The molecule has 0 saturated heterocycles. The number of carbonyl (C=O) groups excluding carboxylic acids is 1. The highest BCUT2D eigenvalue weighted by atomic mass is 16.5. The molecule has 0 aliphatic carbocycles. The molecule has 3 N–H and O–H groups in total. The Kier molecular flexibility index (Phi) is 6.54. The van der Waals surface area contributed by atoms with Crippen molar-refractivity contribution in [2.75, 3.05) is 13.7 Å². The summed E-state index contributed by atoms with van der Waals surface area (Å²) >= 11 is 0. The lowest BCUT2D eigenvalue weighted by Crippen LogP contribution is -2.39. The number of carboxylic acid groups (broad SMARTS) is 1. The second-order valence-electron chi connectivity index (χ2n) is 5.62. The molecule has 2 aromatic rings. The van der Waals surface area contributed by atoms with E-state index in [1.165, 1.54) is 12.1 Å². The fourth-order valence-corrected chi connectivity index (χ4v) is 2.40. The number of Topliss-reactive ketones (excluding diaryl/α,β-unsaturated/α-hetero) is 1. The molecule has 0 bridgehead atoms. The number of aliphatic carboxylic acids is 1. The fraction of sp³-hybridized carbons (Fsp3) is 0.263. The van der Waals surface area contributed by atoms with Crippen LogP contribution < -0.4 is 10.1 Å². The number of nitrogens with one attached hydrogen (secondary N) is 1. The minimum absolute atomic E-state index is 0.0658. The molecule has 0 aliphatic rings. The van der Waals surface area contributed by atoms with Gasteiger partial charge in [-0.1, -0.05) is 12.1 Å². The number of hydrogen-bond donors (Lipinski definition) is 3. The van der Waals surface area contributed by atoms with Crippen LogP contribution in [0.1, 0.15) is 22.3 Å². The molecular formula is C19H21NO5. The number of phenols is 1. The van der Waals surface area contributed by atoms with E-state index < -0.39 is 12.0 Å². The van der Waals surface area contributed by atoms with Crippen LogP contribution in [0.4, 0.5) is 0 Å². The zero-order valence-corrected chi connectivity index (χ0v) is 13.9. The van der Waals surface area contributed by atoms with Crippen molar-refractivity contribution in [3.8, 4) is 11.5 Å². The van der Waals surface area contributed by atoms with Gasteiger partial charge in [-0.15, -0.1) is 0 Å². The van der Waals surface area contributed by atoms with Gasteiger partial charge >= 0.3 is 5.97 Å². The first-order chi connectivity index (χ1) is 12.0. The summed E-state index contributed by atoms with van der Waals surface area (Å²) in [6.45, 7) is 0.264. The van der Waals surface area contributed by atoms with Crippen molar-refractivity contribution in [2.24, 2.45) is 0 Å². The van der Waals surface area contributed by atoms with Gasteiger partial charge in [-0.3, -0.25) is 9.59 Å². The molecule has 1 atom stereocenters. The molecule has 0 heterocycles. The molecule has 6 heteroatoms. The molecule has 0 amide bonds. The number of hydrogen-bond acceptors (Lipinski definition) is 5. The van der Waals surface area contributed by atoms with E-state index in [1.54, 1.807) is 43.5 Å². The van der Waals surface area contributed by atoms with E-state index in [0.29, 0.717) is 11.3 Å². The lowest BCUT2D eigenvalue weighted by atomic mass is 10.0. The minimum Gasteiger partial charge on any atom is -0.508 e. The molecular weight excluding hydrogens is 322 g/mol. The van der Waals surface area contributed by atoms with Gasteiger partial charge in [0.15, 0.2) is 5.78 Å². The predicted molar refractivity (Wildman–Crippen MR) is 93.2 cm³/mol. The average molecular weight is 343 g/mol. The zero-order chi connectivity index (χ0) is 18.2. The number of benzene rings is 2. The number of carboxylic acids is 1. The molecule has 0 aliphatic heterocycles. The Morgan fingerprint density at radius 2 is 1.72 bits per heavy atom. The summed E-state index contributed by atoms with van der Waals surface area (Å²) in [5.74, 6) is -0.239. The number of phenolic OH excluding ortho intramolecular Hbond substituents is 1. The van der Waals surface area contributed by atoms with Gasteiger partial charge in [0, 0.05) is 18.5 Å². The normalized spacial score (nSPS) is 11.7. The van der Waals surface area contributed by atoms with Crippen molar-refractivity contribution >= 4 is 11.8 Å². The maximum atomic E-state index is 12.1. The first-order valence-corrected chi connectivity index (χ1v) is 7.91. The molecule has 2 aromatic carbocycles. The lowest BCUT2D eigenvalue weighted by molar-refractivity contribution is -0.139.